The van der Waals surface area contributed by atoms with Crippen LogP contribution in [0.25, 0.3) is 0 Å². The summed E-state index contributed by atoms with van der Waals surface area (Å²) < 4.78 is 0. The first kappa shape index (κ1) is 16.8. The van der Waals surface area contributed by atoms with Gasteiger partial charge in [0, 0.05) is 24.3 Å². The van der Waals surface area contributed by atoms with Gasteiger partial charge in [0.1, 0.15) is 0 Å². The van der Waals surface area contributed by atoms with Crippen molar-refractivity contribution in [3.05, 3.63) is 29.3 Å². The van der Waals surface area contributed by atoms with Crippen LogP contribution >= 0.6 is 0 Å². The highest BCUT2D eigenvalue weighted by Gasteiger charge is 2.31. The predicted octanol–water partition coefficient (Wildman–Crippen LogP) is 1.67. The molecule has 1 heterocycles. The number of nitrogens with two attached hydrogens (primary N) is 1. The average Bonchev–Trinajstić information content (AvgIpc) is 2.46. The SMILES string of the molecule is Cc1cc(NC(=O)N2CC(C)CC(C(=O)O)C2)ccc1C(N)=O. The molecule has 0 bridgehead atoms. The highest BCUT2D eigenvalue weighted by molar-refractivity contribution is 5.96. The number of aliphatic carboxylic acids is 1. The summed E-state index contributed by atoms with van der Waals surface area (Å²) in [5.41, 5.74) is 6.87. The third kappa shape index (κ3) is 4.00. The van der Waals surface area contributed by atoms with Crippen molar-refractivity contribution < 1.29 is 19.5 Å². The number of benzene rings is 1. The van der Waals surface area contributed by atoms with Gasteiger partial charge in [-0.2, -0.15) is 0 Å². The van der Waals surface area contributed by atoms with Crippen LogP contribution in [0, 0.1) is 18.8 Å². The molecule has 0 spiro atoms. The molecule has 23 heavy (non-hydrogen) atoms. The van der Waals surface area contributed by atoms with Gasteiger partial charge in [0.2, 0.25) is 5.91 Å². The average molecular weight is 319 g/mol. The Balaban J connectivity index is 2.08. The van der Waals surface area contributed by atoms with Gasteiger partial charge in [-0.05, 0) is 43.0 Å². The summed E-state index contributed by atoms with van der Waals surface area (Å²) in [6.45, 7) is 4.39. The number of aryl methyl sites for hydroxylation is 1. The number of carbonyl (C=O) groups is 3. The van der Waals surface area contributed by atoms with Crippen molar-refractivity contribution in [1.82, 2.24) is 4.90 Å². The molecule has 1 aliphatic heterocycles. The molecule has 1 aromatic carbocycles. The predicted molar refractivity (Wildman–Crippen MR) is 85.2 cm³/mol. The molecule has 0 aliphatic carbocycles. The number of hydrogen-bond donors (Lipinski definition) is 3. The Morgan fingerprint density at radius 1 is 1.30 bits per heavy atom. The Morgan fingerprint density at radius 2 is 2.00 bits per heavy atom. The summed E-state index contributed by atoms with van der Waals surface area (Å²) >= 11 is 0. The van der Waals surface area contributed by atoms with E-state index in [-0.39, 0.29) is 18.5 Å². The molecule has 7 nitrogen and oxygen atoms in total. The van der Waals surface area contributed by atoms with Crippen LogP contribution in [-0.4, -0.2) is 41.0 Å². The van der Waals surface area contributed by atoms with Crippen molar-refractivity contribution >= 4 is 23.6 Å². The summed E-state index contributed by atoms with van der Waals surface area (Å²) in [5, 5.41) is 11.9. The van der Waals surface area contributed by atoms with E-state index in [0.29, 0.717) is 29.8 Å². The number of amides is 3. The zero-order valence-corrected chi connectivity index (χ0v) is 13.2. The Morgan fingerprint density at radius 3 is 2.57 bits per heavy atom. The molecular weight excluding hydrogens is 298 g/mol. The second-order valence-electron chi connectivity index (χ2n) is 6.11. The number of carboxylic acids is 1. The van der Waals surface area contributed by atoms with E-state index in [9.17, 15) is 14.4 Å². The zero-order valence-electron chi connectivity index (χ0n) is 13.2. The van der Waals surface area contributed by atoms with Crippen LogP contribution in [-0.2, 0) is 4.79 Å². The second kappa shape index (κ2) is 6.68. The molecule has 2 unspecified atom stereocenters. The van der Waals surface area contributed by atoms with E-state index in [1.165, 1.54) is 4.90 Å². The number of carboxylic acid groups (broad SMARTS) is 1. The number of urea groups is 1. The van der Waals surface area contributed by atoms with E-state index in [2.05, 4.69) is 5.32 Å². The zero-order chi connectivity index (χ0) is 17.1. The number of carbonyl (C=O) groups excluding carboxylic acids is 2. The summed E-state index contributed by atoms with van der Waals surface area (Å²) in [5.74, 6) is -1.80. The summed E-state index contributed by atoms with van der Waals surface area (Å²) in [6, 6.07) is 4.49. The maximum atomic E-state index is 12.3. The van der Waals surface area contributed by atoms with Crippen LogP contribution < -0.4 is 11.1 Å². The van der Waals surface area contributed by atoms with E-state index < -0.39 is 17.8 Å². The molecule has 124 valence electrons. The first-order chi connectivity index (χ1) is 10.8. The minimum Gasteiger partial charge on any atom is -0.481 e. The highest BCUT2D eigenvalue weighted by atomic mass is 16.4. The summed E-state index contributed by atoms with van der Waals surface area (Å²) in [6.07, 6.45) is 0.575. The Hall–Kier alpha value is -2.57. The van der Waals surface area contributed by atoms with Gasteiger partial charge < -0.3 is 21.1 Å². The highest BCUT2D eigenvalue weighted by Crippen LogP contribution is 2.23. The van der Waals surface area contributed by atoms with Gasteiger partial charge in [-0.3, -0.25) is 9.59 Å². The minimum absolute atomic E-state index is 0.134. The monoisotopic (exact) mass is 319 g/mol. The van der Waals surface area contributed by atoms with Crippen molar-refractivity contribution in [1.29, 1.82) is 0 Å². The van der Waals surface area contributed by atoms with E-state index in [1.807, 2.05) is 6.92 Å². The summed E-state index contributed by atoms with van der Waals surface area (Å²) in [7, 11) is 0. The van der Waals surface area contributed by atoms with Gasteiger partial charge in [-0.25, -0.2) is 4.79 Å². The molecule has 7 heteroatoms. The molecule has 0 saturated carbocycles. The first-order valence-electron chi connectivity index (χ1n) is 7.47. The maximum Gasteiger partial charge on any atom is 0.321 e. The third-order valence-electron chi connectivity index (χ3n) is 4.04. The Kier molecular flexibility index (Phi) is 4.88. The van der Waals surface area contributed by atoms with Crippen LogP contribution in [0.1, 0.15) is 29.3 Å². The molecule has 1 saturated heterocycles. The fraction of sp³-hybridized carbons (Fsp3) is 0.438. The van der Waals surface area contributed by atoms with Crippen LogP contribution in [0.4, 0.5) is 10.5 Å². The number of piperidine rings is 1. The van der Waals surface area contributed by atoms with Gasteiger partial charge in [0.25, 0.3) is 0 Å². The molecular formula is C16H21N3O4. The fourth-order valence-corrected chi connectivity index (χ4v) is 2.92. The van der Waals surface area contributed by atoms with Gasteiger partial charge >= 0.3 is 12.0 Å². The van der Waals surface area contributed by atoms with Gasteiger partial charge in [0.15, 0.2) is 0 Å². The molecule has 1 fully saturated rings. The van der Waals surface area contributed by atoms with E-state index >= 15 is 0 Å². The van der Waals surface area contributed by atoms with Crippen molar-refractivity contribution in [3.8, 4) is 0 Å². The molecule has 1 aromatic rings. The fourth-order valence-electron chi connectivity index (χ4n) is 2.92. The number of likely N-dealkylation sites (tertiary alicyclic amines) is 1. The van der Waals surface area contributed by atoms with E-state index in [1.54, 1.807) is 25.1 Å². The molecule has 2 rings (SSSR count). The molecule has 4 N–H and O–H groups in total. The van der Waals surface area contributed by atoms with Crippen molar-refractivity contribution in [2.45, 2.75) is 20.3 Å². The minimum atomic E-state index is -0.879. The van der Waals surface area contributed by atoms with Crippen LogP contribution in [0.2, 0.25) is 0 Å². The molecule has 2 atom stereocenters. The molecule has 1 aliphatic rings. The quantitative estimate of drug-likeness (QED) is 0.786. The van der Waals surface area contributed by atoms with Crippen LogP contribution in [0.15, 0.2) is 18.2 Å². The molecule has 3 amide bonds. The van der Waals surface area contributed by atoms with Crippen LogP contribution in [0.3, 0.4) is 0 Å². The Bertz CT molecular complexity index is 644. The van der Waals surface area contributed by atoms with Gasteiger partial charge in [0.05, 0.1) is 5.92 Å². The number of nitrogens with one attached hydrogen (secondary N) is 1. The number of anilines is 1. The van der Waals surface area contributed by atoms with E-state index in [4.69, 9.17) is 10.8 Å². The lowest BCUT2D eigenvalue weighted by molar-refractivity contribution is -0.143. The Labute approximate surface area is 134 Å². The number of rotatable bonds is 3. The second-order valence-corrected chi connectivity index (χ2v) is 6.11. The lowest BCUT2D eigenvalue weighted by Gasteiger charge is -2.34. The first-order valence-corrected chi connectivity index (χ1v) is 7.47. The van der Waals surface area contributed by atoms with E-state index in [0.717, 1.165) is 0 Å². The third-order valence-corrected chi connectivity index (χ3v) is 4.04. The largest absolute Gasteiger partial charge is 0.481 e. The van der Waals surface area contributed by atoms with Crippen molar-refractivity contribution in [2.24, 2.45) is 17.6 Å². The number of primary amides is 1. The molecule has 0 aromatic heterocycles. The van der Waals surface area contributed by atoms with Gasteiger partial charge in [-0.15, -0.1) is 0 Å². The maximum absolute atomic E-state index is 12.3. The van der Waals surface area contributed by atoms with Crippen molar-refractivity contribution in [3.63, 3.8) is 0 Å². The molecule has 0 radical (unpaired) electrons. The normalized spacial score (nSPS) is 20.9. The lowest BCUT2D eigenvalue weighted by Crippen LogP contribution is -2.47. The van der Waals surface area contributed by atoms with Crippen molar-refractivity contribution in [2.75, 3.05) is 18.4 Å². The smallest absolute Gasteiger partial charge is 0.321 e. The lowest BCUT2D eigenvalue weighted by atomic mass is 9.91. The van der Waals surface area contributed by atoms with Gasteiger partial charge in [-0.1, -0.05) is 6.92 Å². The van der Waals surface area contributed by atoms with Crippen LogP contribution in [0.5, 0.6) is 0 Å². The number of hydrogen-bond acceptors (Lipinski definition) is 3. The number of nitrogens with zero attached hydrogens (tertiary/aromatic N) is 1. The topological polar surface area (TPSA) is 113 Å². The standard InChI is InChI=1S/C16H21N3O4/c1-9-5-11(15(21)22)8-19(7-9)16(23)18-12-3-4-13(14(17)20)10(2)6-12/h3-4,6,9,11H,5,7-8H2,1-2H3,(H2,17,20)(H,18,23)(H,21,22). The summed E-state index contributed by atoms with van der Waals surface area (Å²) in [4.78, 5) is 36.2.